The highest BCUT2D eigenvalue weighted by atomic mass is 35.5. The Morgan fingerprint density at radius 1 is 1.72 bits per heavy atom. The number of nitrogens with zero attached hydrogens (tertiary/aromatic N) is 4. The van der Waals surface area contributed by atoms with Crippen LogP contribution < -0.4 is 0 Å². The fourth-order valence-electron chi connectivity index (χ4n) is 1.23. The van der Waals surface area contributed by atoms with Crippen molar-refractivity contribution in [3.05, 3.63) is 33.1 Å². The van der Waals surface area contributed by atoms with E-state index in [1.165, 1.54) is 26.2 Å². The molecule has 1 heterocycles. The van der Waals surface area contributed by atoms with Crippen molar-refractivity contribution in [1.82, 2.24) is 9.88 Å². The minimum atomic E-state index is -0.770. The van der Waals surface area contributed by atoms with Crippen LogP contribution in [0.4, 0.5) is 5.69 Å². The van der Waals surface area contributed by atoms with Crippen molar-refractivity contribution in [3.8, 4) is 6.07 Å². The minimum absolute atomic E-state index is 0.190. The van der Waals surface area contributed by atoms with E-state index in [-0.39, 0.29) is 10.7 Å². The number of rotatable bonds is 3. The third-order valence-corrected chi connectivity index (χ3v) is 2.66. The molecule has 1 amide bonds. The Bertz CT molecular complexity index is 540. The number of nitriles is 1. The molecule has 1 unspecified atom stereocenters. The fraction of sp³-hybridized carbons (Fsp3) is 0.300. The lowest BCUT2D eigenvalue weighted by molar-refractivity contribution is -0.385. The number of hydrogen-bond acceptors (Lipinski definition) is 5. The van der Waals surface area contributed by atoms with Crippen LogP contribution in [0.2, 0.25) is 5.15 Å². The molecule has 18 heavy (non-hydrogen) atoms. The summed E-state index contributed by atoms with van der Waals surface area (Å²) in [6.45, 7) is 1.51. The van der Waals surface area contributed by atoms with E-state index in [1.807, 2.05) is 6.07 Å². The Morgan fingerprint density at radius 3 is 2.83 bits per heavy atom. The second-order valence-corrected chi connectivity index (χ2v) is 3.83. The predicted octanol–water partition coefficient (Wildman–Crippen LogP) is 1.63. The maximum absolute atomic E-state index is 12.0. The molecule has 0 spiro atoms. The van der Waals surface area contributed by atoms with Crippen LogP contribution >= 0.6 is 11.6 Å². The van der Waals surface area contributed by atoms with Gasteiger partial charge in [-0.25, -0.2) is 4.98 Å². The molecule has 1 aromatic rings. The van der Waals surface area contributed by atoms with Gasteiger partial charge >= 0.3 is 5.69 Å². The van der Waals surface area contributed by atoms with Crippen LogP contribution in [0.15, 0.2) is 12.3 Å². The van der Waals surface area contributed by atoms with Gasteiger partial charge in [-0.05, 0) is 13.0 Å². The molecule has 0 aliphatic heterocycles. The fourth-order valence-corrected chi connectivity index (χ4v) is 1.45. The Labute approximate surface area is 108 Å². The standard InChI is InChI=1S/C10H9ClN4O3/c1-6(5-12)14(2)10(16)7-3-4-13-9(11)8(7)15(17)18/h3-4,6H,1-2H3. The van der Waals surface area contributed by atoms with Gasteiger partial charge in [0.2, 0.25) is 5.15 Å². The van der Waals surface area contributed by atoms with E-state index in [1.54, 1.807) is 0 Å². The molecule has 0 aliphatic carbocycles. The van der Waals surface area contributed by atoms with Gasteiger partial charge in [0.15, 0.2) is 0 Å². The maximum Gasteiger partial charge on any atom is 0.319 e. The first-order valence-electron chi connectivity index (χ1n) is 4.85. The maximum atomic E-state index is 12.0. The summed E-state index contributed by atoms with van der Waals surface area (Å²) < 4.78 is 0. The van der Waals surface area contributed by atoms with Crippen LogP contribution in [-0.4, -0.2) is 33.8 Å². The smallest absolute Gasteiger partial charge is 0.319 e. The van der Waals surface area contributed by atoms with E-state index in [2.05, 4.69) is 4.98 Å². The molecular weight excluding hydrogens is 260 g/mol. The monoisotopic (exact) mass is 268 g/mol. The number of hydrogen-bond donors (Lipinski definition) is 0. The Balaban J connectivity index is 3.27. The second-order valence-electron chi connectivity index (χ2n) is 3.48. The van der Waals surface area contributed by atoms with Crippen molar-refractivity contribution in [3.63, 3.8) is 0 Å². The lowest BCUT2D eigenvalue weighted by Gasteiger charge is -2.19. The number of aromatic nitrogens is 1. The van der Waals surface area contributed by atoms with Crippen molar-refractivity contribution < 1.29 is 9.72 Å². The normalized spacial score (nSPS) is 11.4. The molecule has 8 heteroatoms. The van der Waals surface area contributed by atoms with Gasteiger partial charge in [0.05, 0.1) is 11.0 Å². The highest BCUT2D eigenvalue weighted by Crippen LogP contribution is 2.27. The van der Waals surface area contributed by atoms with Crippen molar-refractivity contribution >= 4 is 23.2 Å². The zero-order chi connectivity index (χ0) is 13.9. The van der Waals surface area contributed by atoms with Crippen molar-refractivity contribution in [1.29, 1.82) is 5.26 Å². The molecule has 0 saturated carbocycles. The third-order valence-electron chi connectivity index (χ3n) is 2.38. The highest BCUT2D eigenvalue weighted by molar-refractivity contribution is 6.32. The summed E-state index contributed by atoms with van der Waals surface area (Å²) in [4.78, 5) is 26.7. The average Bonchev–Trinajstić information content (AvgIpc) is 2.35. The molecule has 0 aliphatic rings. The van der Waals surface area contributed by atoms with Crippen LogP contribution in [0.1, 0.15) is 17.3 Å². The zero-order valence-corrected chi connectivity index (χ0v) is 10.4. The van der Waals surface area contributed by atoms with Crippen LogP contribution in [0.3, 0.4) is 0 Å². The largest absolute Gasteiger partial charge is 0.326 e. The summed E-state index contributed by atoms with van der Waals surface area (Å²) in [6, 6.07) is 2.36. The van der Waals surface area contributed by atoms with E-state index < -0.39 is 22.6 Å². The molecule has 0 N–H and O–H groups in total. The van der Waals surface area contributed by atoms with E-state index in [4.69, 9.17) is 16.9 Å². The Kier molecular flexibility index (Phi) is 4.18. The van der Waals surface area contributed by atoms with Gasteiger partial charge in [0.25, 0.3) is 5.91 Å². The van der Waals surface area contributed by atoms with Gasteiger partial charge in [-0.2, -0.15) is 5.26 Å². The zero-order valence-electron chi connectivity index (χ0n) is 9.62. The number of carbonyl (C=O) groups excluding carboxylic acids is 1. The predicted molar refractivity (Wildman–Crippen MR) is 63.1 cm³/mol. The van der Waals surface area contributed by atoms with Gasteiger partial charge in [0, 0.05) is 13.2 Å². The van der Waals surface area contributed by atoms with Crippen molar-refractivity contribution in [2.75, 3.05) is 7.05 Å². The molecule has 0 bridgehead atoms. The average molecular weight is 269 g/mol. The summed E-state index contributed by atoms with van der Waals surface area (Å²) in [5.41, 5.74) is -0.745. The Morgan fingerprint density at radius 2 is 2.33 bits per heavy atom. The number of amides is 1. The van der Waals surface area contributed by atoms with E-state index >= 15 is 0 Å². The molecule has 0 saturated heterocycles. The first-order valence-corrected chi connectivity index (χ1v) is 5.23. The highest BCUT2D eigenvalue weighted by Gasteiger charge is 2.28. The van der Waals surface area contributed by atoms with Crippen molar-refractivity contribution in [2.45, 2.75) is 13.0 Å². The second kappa shape index (κ2) is 5.42. The summed E-state index contributed by atoms with van der Waals surface area (Å²) in [6.07, 6.45) is 1.20. The molecular formula is C10H9ClN4O3. The van der Waals surface area contributed by atoms with Gasteiger partial charge in [-0.3, -0.25) is 14.9 Å². The third kappa shape index (κ3) is 2.55. The molecule has 1 atom stereocenters. The molecule has 0 fully saturated rings. The number of pyridine rings is 1. The molecule has 7 nitrogen and oxygen atoms in total. The molecule has 94 valence electrons. The minimum Gasteiger partial charge on any atom is -0.326 e. The van der Waals surface area contributed by atoms with Crippen LogP contribution in [0, 0.1) is 21.4 Å². The summed E-state index contributed by atoms with van der Waals surface area (Å²) >= 11 is 5.60. The molecule has 0 aromatic carbocycles. The van der Waals surface area contributed by atoms with Gasteiger partial charge in [0.1, 0.15) is 11.6 Å². The molecule has 0 radical (unpaired) electrons. The number of carbonyl (C=O) groups is 1. The number of halogens is 1. The van der Waals surface area contributed by atoms with E-state index in [0.29, 0.717) is 0 Å². The van der Waals surface area contributed by atoms with Gasteiger partial charge < -0.3 is 4.90 Å². The van der Waals surface area contributed by atoms with Crippen LogP contribution in [0.25, 0.3) is 0 Å². The summed E-state index contributed by atoms with van der Waals surface area (Å²) in [7, 11) is 1.38. The summed E-state index contributed by atoms with van der Waals surface area (Å²) in [5.74, 6) is -0.653. The SMILES string of the molecule is CC(C#N)N(C)C(=O)c1ccnc(Cl)c1[N+](=O)[O-]. The number of nitro groups is 1. The summed E-state index contributed by atoms with van der Waals surface area (Å²) in [5, 5.41) is 19.2. The van der Waals surface area contributed by atoms with Gasteiger partial charge in [-0.1, -0.05) is 11.6 Å². The van der Waals surface area contributed by atoms with Crippen molar-refractivity contribution in [2.24, 2.45) is 0 Å². The van der Waals surface area contributed by atoms with Crippen LogP contribution in [0.5, 0.6) is 0 Å². The van der Waals surface area contributed by atoms with Gasteiger partial charge in [-0.15, -0.1) is 0 Å². The first kappa shape index (κ1) is 13.9. The molecule has 1 aromatic heterocycles. The van der Waals surface area contributed by atoms with E-state index in [0.717, 1.165) is 4.90 Å². The lowest BCUT2D eigenvalue weighted by Crippen LogP contribution is -2.34. The molecule has 1 rings (SSSR count). The van der Waals surface area contributed by atoms with E-state index in [9.17, 15) is 14.9 Å². The first-order chi connectivity index (χ1) is 8.40. The quantitative estimate of drug-likeness (QED) is 0.471. The lowest BCUT2D eigenvalue weighted by atomic mass is 10.2. The topological polar surface area (TPSA) is 100 Å². The van der Waals surface area contributed by atoms with Crippen LogP contribution in [-0.2, 0) is 0 Å². The Hall–Kier alpha value is -2.20.